The number of allylic oxidation sites excluding steroid dienone is 2. The lowest BCUT2D eigenvalue weighted by atomic mass is 9.82. The van der Waals surface area contributed by atoms with Crippen LogP contribution in [0.25, 0.3) is 10.8 Å². The standard InChI is InChI=1S/C43H53F4N3O9S/c1-24-7-5-6-8-27-19-42(27,40(54)49-60(55,56)30-12-13-30)20-35(51)34-17-29(58-38-33-16-28(44)11-14-31(33)36(21-48-38)57-23-26-9-10-26)22-50(34)39(53)32(25(2)15-24)18-37(52)59-41(3,4)43(45,46)47/h6,8,11,14,16,21,24-27,29-30,32,34H,5,7,9-10,12-13,15,17-20,22-23H2,1-4H3,(H,49,54)/b8-6-/t24-,25-,27-,29-,32+,34+,42-/m1/s1. The number of sulfonamides is 1. The minimum atomic E-state index is -4.89. The summed E-state index contributed by atoms with van der Waals surface area (Å²) in [6.45, 7) is 5.40. The zero-order valence-electron chi connectivity index (χ0n) is 34.3. The maximum absolute atomic E-state index is 14.9. The maximum Gasteiger partial charge on any atom is 0.427 e. The molecule has 3 aliphatic carbocycles. The topological polar surface area (TPSA) is 158 Å². The van der Waals surface area contributed by atoms with E-state index in [2.05, 4.69) is 9.71 Å². The smallest absolute Gasteiger partial charge is 0.427 e. The Kier molecular flexibility index (Phi) is 12.1. The summed E-state index contributed by atoms with van der Waals surface area (Å²) in [7, 11) is -3.96. The number of ether oxygens (including phenoxy) is 3. The summed E-state index contributed by atoms with van der Waals surface area (Å²) < 4.78 is 101. The highest BCUT2D eigenvalue weighted by Crippen LogP contribution is 2.57. The third-order valence-corrected chi connectivity index (χ3v) is 14.6. The summed E-state index contributed by atoms with van der Waals surface area (Å²) in [6.07, 6.45) is 2.95. The van der Waals surface area contributed by atoms with Crippen LogP contribution in [0.5, 0.6) is 11.6 Å². The van der Waals surface area contributed by atoms with Crippen molar-refractivity contribution in [3.05, 3.63) is 42.4 Å². The van der Waals surface area contributed by atoms with Gasteiger partial charge in [0, 0.05) is 18.2 Å². The number of nitrogens with one attached hydrogen (secondary N) is 1. The third kappa shape index (κ3) is 9.60. The largest absolute Gasteiger partial charge is 0.491 e. The number of ketones is 1. The lowest BCUT2D eigenvalue weighted by molar-refractivity contribution is -0.257. The summed E-state index contributed by atoms with van der Waals surface area (Å²) in [6, 6.07) is 2.85. The number of pyridine rings is 1. The zero-order valence-corrected chi connectivity index (χ0v) is 35.1. The van der Waals surface area contributed by atoms with E-state index in [4.69, 9.17) is 14.2 Å². The van der Waals surface area contributed by atoms with Crippen molar-refractivity contribution in [3.8, 4) is 11.6 Å². The number of benzene rings is 1. The molecule has 0 bridgehead atoms. The van der Waals surface area contributed by atoms with Crippen LogP contribution in [0.15, 0.2) is 36.5 Å². The van der Waals surface area contributed by atoms with Gasteiger partial charge in [0.05, 0.1) is 53.8 Å². The van der Waals surface area contributed by atoms with Crippen molar-refractivity contribution in [3.63, 3.8) is 0 Å². The maximum atomic E-state index is 14.9. The number of amides is 2. The number of nitrogens with zero attached hydrogens (tertiary/aromatic N) is 2. The monoisotopic (exact) mass is 863 g/mol. The predicted octanol–water partition coefficient (Wildman–Crippen LogP) is 6.99. The molecule has 2 amide bonds. The molecule has 328 valence electrons. The van der Waals surface area contributed by atoms with Gasteiger partial charge in [-0.3, -0.25) is 23.9 Å². The van der Waals surface area contributed by atoms with Crippen LogP contribution in [0, 0.1) is 40.8 Å². The van der Waals surface area contributed by atoms with Crippen molar-refractivity contribution in [1.82, 2.24) is 14.6 Å². The van der Waals surface area contributed by atoms with E-state index >= 15 is 0 Å². The summed E-state index contributed by atoms with van der Waals surface area (Å²) in [4.78, 5) is 62.4. The average Bonchev–Trinajstić information content (AvgIpc) is 4.06. The summed E-state index contributed by atoms with van der Waals surface area (Å²) in [5, 5.41) is 0.142. The molecule has 60 heavy (non-hydrogen) atoms. The quantitative estimate of drug-likeness (QED) is 0.142. The Morgan fingerprint density at radius 2 is 1.77 bits per heavy atom. The lowest BCUT2D eigenvalue weighted by Crippen LogP contribution is -2.48. The normalized spacial score (nSPS) is 29.8. The van der Waals surface area contributed by atoms with Crippen molar-refractivity contribution >= 4 is 44.4 Å². The molecule has 12 nitrogen and oxygen atoms in total. The Morgan fingerprint density at radius 1 is 1.03 bits per heavy atom. The molecule has 4 fully saturated rings. The molecule has 5 aliphatic rings. The van der Waals surface area contributed by atoms with Crippen LogP contribution in [-0.2, 0) is 33.9 Å². The molecule has 2 aliphatic heterocycles. The Balaban J connectivity index is 1.22. The van der Waals surface area contributed by atoms with E-state index in [1.54, 1.807) is 13.0 Å². The number of rotatable bonds is 11. The number of esters is 1. The van der Waals surface area contributed by atoms with Crippen LogP contribution < -0.4 is 14.2 Å². The number of hydrogen-bond acceptors (Lipinski definition) is 10. The van der Waals surface area contributed by atoms with Gasteiger partial charge in [0.2, 0.25) is 33.3 Å². The molecule has 7 rings (SSSR count). The van der Waals surface area contributed by atoms with Crippen LogP contribution >= 0.6 is 0 Å². The predicted molar refractivity (Wildman–Crippen MR) is 210 cm³/mol. The zero-order chi connectivity index (χ0) is 43.4. The first kappa shape index (κ1) is 43.8. The van der Waals surface area contributed by atoms with Crippen molar-refractivity contribution in [1.29, 1.82) is 0 Å². The molecule has 0 unspecified atom stereocenters. The second-order valence-electron chi connectivity index (χ2n) is 18.3. The number of alkyl halides is 3. The molecule has 0 radical (unpaired) electrons. The highest BCUT2D eigenvalue weighted by atomic mass is 32.2. The Morgan fingerprint density at radius 3 is 2.45 bits per heavy atom. The number of halogens is 4. The number of hydrogen-bond donors (Lipinski definition) is 1. The molecule has 17 heteroatoms. The van der Waals surface area contributed by atoms with Gasteiger partial charge < -0.3 is 19.1 Å². The Labute approximate surface area is 347 Å². The van der Waals surface area contributed by atoms with Gasteiger partial charge in [-0.1, -0.05) is 26.0 Å². The highest BCUT2D eigenvalue weighted by molar-refractivity contribution is 7.90. The van der Waals surface area contributed by atoms with Gasteiger partial charge >= 0.3 is 12.1 Å². The van der Waals surface area contributed by atoms with E-state index in [1.807, 2.05) is 19.1 Å². The van der Waals surface area contributed by atoms with Gasteiger partial charge in [-0.15, -0.1) is 0 Å². The SMILES string of the molecule is C[C@@H]1CC/C=C\[C@@H]2C[C@@]2(C(=O)NS(=O)(=O)C2CC2)CC(=O)[C@@H]2C[C@@H](Oc3ncc(OCC4CC4)c4ccc(F)cc34)CN2C(=O)[C@@H](CC(=O)OC(C)(C)C(F)(F)F)[C@H](C)C1. The summed E-state index contributed by atoms with van der Waals surface area (Å²) in [5.74, 6) is -5.15. The first-order valence-corrected chi connectivity index (χ1v) is 22.4. The fourth-order valence-corrected chi connectivity index (χ4v) is 9.96. The first-order chi connectivity index (χ1) is 28.2. The third-order valence-electron chi connectivity index (χ3n) is 12.8. The van der Waals surface area contributed by atoms with Crippen LogP contribution in [0.1, 0.15) is 98.3 Å². The molecule has 1 aromatic carbocycles. The number of carbonyl (C=O) groups is 4. The fourth-order valence-electron chi connectivity index (χ4n) is 8.57. The fraction of sp³-hybridized carbons (Fsp3) is 0.651. The first-order valence-electron chi connectivity index (χ1n) is 20.9. The number of Topliss-reactive ketones (excluding diaryl/α,β-unsaturated/α-hetero) is 1. The Bertz CT molecular complexity index is 2160. The van der Waals surface area contributed by atoms with E-state index < -0.39 is 105 Å². The number of carbonyl (C=O) groups excluding carboxylic acids is 4. The molecule has 1 N–H and O–H groups in total. The lowest BCUT2D eigenvalue weighted by Gasteiger charge is -2.33. The van der Waals surface area contributed by atoms with Crippen molar-refractivity contribution < 1.29 is 59.4 Å². The minimum absolute atomic E-state index is 0.00766. The van der Waals surface area contributed by atoms with E-state index in [1.165, 1.54) is 23.2 Å². The molecule has 3 heterocycles. The molecular formula is C43H53F4N3O9S. The molecule has 3 saturated carbocycles. The second-order valence-corrected chi connectivity index (χ2v) is 20.2. The van der Waals surface area contributed by atoms with Gasteiger partial charge in [-0.05, 0) is 107 Å². The minimum Gasteiger partial charge on any atom is -0.491 e. The van der Waals surface area contributed by atoms with Crippen LogP contribution in [0.4, 0.5) is 17.6 Å². The number of fused-ring (bicyclic) bond motifs is 3. The molecule has 1 saturated heterocycles. The van der Waals surface area contributed by atoms with Crippen molar-refractivity contribution in [2.75, 3.05) is 13.2 Å². The number of aromatic nitrogens is 1. The van der Waals surface area contributed by atoms with Crippen molar-refractivity contribution in [2.24, 2.45) is 35.0 Å². The van der Waals surface area contributed by atoms with E-state index in [-0.39, 0.29) is 31.2 Å². The highest BCUT2D eigenvalue weighted by Gasteiger charge is 2.62. The van der Waals surface area contributed by atoms with Gasteiger partial charge in [-0.2, -0.15) is 13.2 Å². The van der Waals surface area contributed by atoms with Gasteiger partial charge in [0.15, 0.2) is 5.78 Å². The molecule has 2 aromatic rings. The van der Waals surface area contributed by atoms with Gasteiger partial charge in [0.1, 0.15) is 17.7 Å². The second kappa shape index (κ2) is 16.5. The summed E-state index contributed by atoms with van der Waals surface area (Å²) in [5.41, 5.74) is -4.24. The van der Waals surface area contributed by atoms with E-state index in [0.717, 1.165) is 26.7 Å². The van der Waals surface area contributed by atoms with Crippen LogP contribution in [0.2, 0.25) is 0 Å². The summed E-state index contributed by atoms with van der Waals surface area (Å²) >= 11 is 0. The molecular weight excluding hydrogens is 811 g/mol. The van der Waals surface area contributed by atoms with E-state index in [9.17, 15) is 45.2 Å². The van der Waals surface area contributed by atoms with Gasteiger partial charge in [0.25, 0.3) is 0 Å². The molecule has 0 spiro atoms. The molecule has 7 atom stereocenters. The van der Waals surface area contributed by atoms with Crippen LogP contribution in [0.3, 0.4) is 0 Å². The van der Waals surface area contributed by atoms with Crippen LogP contribution in [-0.4, -0.2) is 84.2 Å². The Hall–Kier alpha value is -4.28. The molecule has 1 aromatic heterocycles. The average molecular weight is 864 g/mol. The van der Waals surface area contributed by atoms with Crippen molar-refractivity contribution in [2.45, 2.75) is 127 Å². The van der Waals surface area contributed by atoms with Gasteiger partial charge in [-0.25, -0.2) is 17.8 Å². The van der Waals surface area contributed by atoms with E-state index in [0.29, 0.717) is 61.2 Å².